The van der Waals surface area contributed by atoms with E-state index in [0.29, 0.717) is 29.8 Å². The highest BCUT2D eigenvalue weighted by Gasteiger charge is 2.21. The second-order valence-electron chi connectivity index (χ2n) is 7.05. The molecule has 0 unspecified atom stereocenters. The summed E-state index contributed by atoms with van der Waals surface area (Å²) in [6.07, 6.45) is 0.360. The summed E-state index contributed by atoms with van der Waals surface area (Å²) in [4.78, 5) is 4.73. The van der Waals surface area contributed by atoms with E-state index in [0.717, 1.165) is 43.7 Å². The van der Waals surface area contributed by atoms with Gasteiger partial charge in [-0.2, -0.15) is 0 Å². The molecular formula is C21H24FN3O2. The normalized spacial score (nSPS) is 16.2. The number of hydrogen-bond acceptors (Lipinski definition) is 5. The van der Waals surface area contributed by atoms with Crippen molar-refractivity contribution in [2.45, 2.75) is 19.9 Å². The third kappa shape index (κ3) is 3.68. The number of hydrogen-bond donors (Lipinski definition) is 1. The highest BCUT2D eigenvalue weighted by molar-refractivity contribution is 5.84. The summed E-state index contributed by atoms with van der Waals surface area (Å²) in [6, 6.07) is 10.2. The average molecular weight is 369 g/mol. The van der Waals surface area contributed by atoms with Gasteiger partial charge < -0.3 is 14.5 Å². The maximum absolute atomic E-state index is 14.0. The Kier molecular flexibility index (Phi) is 5.09. The zero-order valence-electron chi connectivity index (χ0n) is 15.5. The lowest BCUT2D eigenvalue weighted by Gasteiger charge is -2.34. The lowest BCUT2D eigenvalue weighted by Crippen LogP contribution is -2.45. The van der Waals surface area contributed by atoms with E-state index in [1.54, 1.807) is 24.3 Å². The van der Waals surface area contributed by atoms with Gasteiger partial charge in [0, 0.05) is 44.5 Å². The van der Waals surface area contributed by atoms with Gasteiger partial charge in [-0.1, -0.05) is 30.3 Å². The first-order valence-corrected chi connectivity index (χ1v) is 9.43. The number of piperazine rings is 1. The molecule has 2 aromatic carbocycles. The smallest absolute Gasteiger partial charge is 0.175 e. The number of halogens is 1. The predicted molar refractivity (Wildman–Crippen MR) is 102 cm³/mol. The van der Waals surface area contributed by atoms with Crippen LogP contribution in [0, 0.1) is 5.82 Å². The van der Waals surface area contributed by atoms with Crippen LogP contribution in [-0.4, -0.2) is 52.8 Å². The summed E-state index contributed by atoms with van der Waals surface area (Å²) in [5.74, 6) is -0.0320. The second-order valence-corrected chi connectivity index (χ2v) is 7.05. The molecule has 2 heterocycles. The van der Waals surface area contributed by atoms with E-state index in [-0.39, 0.29) is 11.6 Å². The number of aromatic nitrogens is 1. The summed E-state index contributed by atoms with van der Waals surface area (Å²) in [5, 5.41) is 15.4. The molecule has 1 aliphatic heterocycles. The number of likely N-dealkylation sites (N-methyl/N-ethyl adjacent to an activating group) is 1. The quantitative estimate of drug-likeness (QED) is 0.747. The van der Waals surface area contributed by atoms with Crippen LogP contribution in [0.2, 0.25) is 0 Å². The van der Waals surface area contributed by atoms with Gasteiger partial charge in [-0.25, -0.2) is 4.39 Å². The Morgan fingerprint density at radius 2 is 1.81 bits per heavy atom. The monoisotopic (exact) mass is 369 g/mol. The molecule has 142 valence electrons. The number of nitrogens with zero attached hydrogens (tertiary/aromatic N) is 3. The molecule has 1 saturated heterocycles. The molecule has 0 atom stereocenters. The van der Waals surface area contributed by atoms with Crippen molar-refractivity contribution >= 4 is 11.0 Å². The minimum absolute atomic E-state index is 0.217. The number of phenols is 1. The van der Waals surface area contributed by atoms with E-state index in [2.05, 4.69) is 21.9 Å². The van der Waals surface area contributed by atoms with Crippen molar-refractivity contribution in [1.29, 1.82) is 0 Å². The van der Waals surface area contributed by atoms with Gasteiger partial charge in [-0.05, 0) is 30.3 Å². The van der Waals surface area contributed by atoms with Crippen molar-refractivity contribution in [3.63, 3.8) is 0 Å². The molecule has 0 amide bonds. The fourth-order valence-corrected chi connectivity index (χ4v) is 3.69. The predicted octanol–water partition coefficient (Wildman–Crippen LogP) is 3.40. The van der Waals surface area contributed by atoms with E-state index < -0.39 is 0 Å². The van der Waals surface area contributed by atoms with Gasteiger partial charge in [-0.3, -0.25) is 4.90 Å². The maximum Gasteiger partial charge on any atom is 0.175 e. The Morgan fingerprint density at radius 3 is 2.56 bits per heavy atom. The van der Waals surface area contributed by atoms with Gasteiger partial charge >= 0.3 is 0 Å². The molecule has 1 aliphatic rings. The summed E-state index contributed by atoms with van der Waals surface area (Å²) in [6.45, 7) is 7.84. The largest absolute Gasteiger partial charge is 0.507 e. The van der Waals surface area contributed by atoms with Crippen molar-refractivity contribution < 1.29 is 14.0 Å². The van der Waals surface area contributed by atoms with Gasteiger partial charge in [0.25, 0.3) is 0 Å². The Hall–Kier alpha value is -2.44. The Morgan fingerprint density at radius 1 is 1.07 bits per heavy atom. The zero-order valence-corrected chi connectivity index (χ0v) is 15.5. The van der Waals surface area contributed by atoms with E-state index in [9.17, 15) is 9.50 Å². The summed E-state index contributed by atoms with van der Waals surface area (Å²) < 4.78 is 19.6. The van der Waals surface area contributed by atoms with Crippen LogP contribution < -0.4 is 0 Å². The van der Waals surface area contributed by atoms with Crippen molar-refractivity contribution in [3.05, 3.63) is 59.0 Å². The molecule has 6 heteroatoms. The molecule has 1 N–H and O–H groups in total. The van der Waals surface area contributed by atoms with Crippen LogP contribution in [0.3, 0.4) is 0 Å². The van der Waals surface area contributed by atoms with Gasteiger partial charge in [0.1, 0.15) is 11.6 Å². The van der Waals surface area contributed by atoms with Crippen LogP contribution >= 0.6 is 0 Å². The highest BCUT2D eigenvalue weighted by Crippen LogP contribution is 2.31. The minimum Gasteiger partial charge on any atom is -0.507 e. The molecule has 1 fully saturated rings. The molecule has 0 saturated carbocycles. The lowest BCUT2D eigenvalue weighted by atomic mass is 10.0. The van der Waals surface area contributed by atoms with Crippen molar-refractivity contribution in [2.24, 2.45) is 0 Å². The summed E-state index contributed by atoms with van der Waals surface area (Å²) in [5.41, 5.74) is 2.62. The van der Waals surface area contributed by atoms with Crippen molar-refractivity contribution in [3.8, 4) is 5.75 Å². The highest BCUT2D eigenvalue weighted by atomic mass is 19.1. The van der Waals surface area contributed by atoms with Gasteiger partial charge in [-0.15, -0.1) is 0 Å². The van der Waals surface area contributed by atoms with E-state index >= 15 is 0 Å². The average Bonchev–Trinajstić information content (AvgIpc) is 3.09. The van der Waals surface area contributed by atoms with Gasteiger partial charge in [0.05, 0.1) is 11.3 Å². The number of aromatic hydroxyl groups is 1. The number of fused-ring (bicyclic) bond motifs is 1. The molecular weight excluding hydrogens is 345 g/mol. The molecule has 1 aromatic heterocycles. The van der Waals surface area contributed by atoms with Crippen LogP contribution in [0.1, 0.15) is 23.7 Å². The zero-order chi connectivity index (χ0) is 18.8. The third-order valence-electron chi connectivity index (χ3n) is 5.40. The fourth-order valence-electron chi connectivity index (χ4n) is 3.69. The molecule has 5 nitrogen and oxygen atoms in total. The van der Waals surface area contributed by atoms with Crippen LogP contribution in [0.15, 0.2) is 40.9 Å². The molecule has 27 heavy (non-hydrogen) atoms. The van der Waals surface area contributed by atoms with Crippen molar-refractivity contribution in [1.82, 2.24) is 15.0 Å². The number of rotatable bonds is 5. The third-order valence-corrected chi connectivity index (χ3v) is 5.40. The van der Waals surface area contributed by atoms with E-state index in [4.69, 9.17) is 4.52 Å². The molecule has 0 aliphatic carbocycles. The van der Waals surface area contributed by atoms with Crippen LogP contribution in [0.5, 0.6) is 5.75 Å². The molecule has 3 aromatic rings. The maximum atomic E-state index is 14.0. The first-order valence-electron chi connectivity index (χ1n) is 9.43. The topological polar surface area (TPSA) is 52.7 Å². The van der Waals surface area contributed by atoms with Crippen LogP contribution in [0.4, 0.5) is 4.39 Å². The molecule has 0 radical (unpaired) electrons. The van der Waals surface area contributed by atoms with Crippen LogP contribution in [-0.2, 0) is 13.0 Å². The Balaban J connectivity index is 1.60. The Labute approximate surface area is 158 Å². The van der Waals surface area contributed by atoms with E-state index in [1.807, 2.05) is 6.07 Å². The second kappa shape index (κ2) is 7.66. The summed E-state index contributed by atoms with van der Waals surface area (Å²) in [7, 11) is 0. The molecule has 0 spiro atoms. The van der Waals surface area contributed by atoms with Crippen molar-refractivity contribution in [2.75, 3.05) is 32.7 Å². The standard InChI is InChI=1S/C21H24FN3O2/c1-2-24-9-11-25(12-10-24)14-17-20(26)8-7-16-19(23-27-21(16)17)13-15-5-3-4-6-18(15)22/h3-8,26H,2,9-14H2,1H3. The SMILES string of the molecule is CCN1CCN(Cc2c(O)ccc3c(Cc4ccccc4F)noc23)CC1. The van der Waals surface area contributed by atoms with E-state index in [1.165, 1.54) is 6.07 Å². The summed E-state index contributed by atoms with van der Waals surface area (Å²) >= 11 is 0. The molecule has 4 rings (SSSR count). The first kappa shape index (κ1) is 17.9. The fraction of sp³-hybridized carbons (Fsp3) is 0.381. The van der Waals surface area contributed by atoms with Gasteiger partial charge in [0.15, 0.2) is 5.58 Å². The number of phenolic OH excluding ortho intramolecular Hbond substituents is 1. The first-order chi connectivity index (χ1) is 13.2. The molecule has 0 bridgehead atoms. The number of benzene rings is 2. The van der Waals surface area contributed by atoms with Crippen LogP contribution in [0.25, 0.3) is 11.0 Å². The Bertz CT molecular complexity index is 932. The minimum atomic E-state index is -0.249. The lowest BCUT2D eigenvalue weighted by molar-refractivity contribution is 0.131. The van der Waals surface area contributed by atoms with Gasteiger partial charge in [0.2, 0.25) is 0 Å².